The Morgan fingerprint density at radius 2 is 1.63 bits per heavy atom. The summed E-state index contributed by atoms with van der Waals surface area (Å²) < 4.78 is 20.9. The number of anilines is 1. The Morgan fingerprint density at radius 1 is 0.933 bits per heavy atom. The number of nitrogens with one attached hydrogen (secondary N) is 1. The summed E-state index contributed by atoms with van der Waals surface area (Å²) in [5.74, 6) is -0.540. The molecule has 4 aromatic rings. The highest BCUT2D eigenvalue weighted by Crippen LogP contribution is 2.25. The lowest BCUT2D eigenvalue weighted by molar-refractivity contribution is -0.116. The van der Waals surface area contributed by atoms with Crippen LogP contribution in [0, 0.1) is 5.82 Å². The van der Waals surface area contributed by atoms with Gasteiger partial charge in [-0.25, -0.2) is 4.39 Å². The molecule has 1 aromatic heterocycles. The second kappa shape index (κ2) is 8.21. The van der Waals surface area contributed by atoms with Crippen molar-refractivity contribution in [1.82, 2.24) is 4.57 Å². The fourth-order valence-corrected chi connectivity index (χ4v) is 3.38. The van der Waals surface area contributed by atoms with Crippen molar-refractivity contribution in [3.63, 3.8) is 0 Å². The van der Waals surface area contributed by atoms with Gasteiger partial charge in [-0.05, 0) is 42.5 Å². The van der Waals surface area contributed by atoms with Crippen molar-refractivity contribution >= 4 is 28.3 Å². The zero-order valence-corrected chi connectivity index (χ0v) is 16.3. The molecule has 0 aliphatic rings. The zero-order chi connectivity index (χ0) is 21.1. The molecule has 1 N–H and O–H groups in total. The molecule has 0 atom stereocenters. The molecule has 0 aliphatic heterocycles. The molecular formula is C24H19FN2O3. The summed E-state index contributed by atoms with van der Waals surface area (Å²) >= 11 is 0. The van der Waals surface area contributed by atoms with Gasteiger partial charge >= 0.3 is 0 Å². The Balaban J connectivity index is 1.62. The second-order valence-corrected chi connectivity index (χ2v) is 6.77. The smallest absolute Gasteiger partial charge is 0.244 e. The van der Waals surface area contributed by atoms with Gasteiger partial charge in [-0.1, -0.05) is 30.3 Å². The first kappa shape index (κ1) is 19.4. The van der Waals surface area contributed by atoms with Gasteiger partial charge in [-0.2, -0.15) is 0 Å². The van der Waals surface area contributed by atoms with Crippen molar-refractivity contribution in [2.45, 2.75) is 6.54 Å². The van der Waals surface area contributed by atoms with Gasteiger partial charge in [0.05, 0.1) is 12.7 Å². The summed E-state index contributed by atoms with van der Waals surface area (Å²) in [7, 11) is 1.57. The molecule has 1 heterocycles. The van der Waals surface area contributed by atoms with Crippen LogP contribution in [0.4, 0.5) is 10.1 Å². The third-order valence-corrected chi connectivity index (χ3v) is 4.84. The predicted molar refractivity (Wildman–Crippen MR) is 113 cm³/mol. The van der Waals surface area contributed by atoms with Crippen molar-refractivity contribution in [1.29, 1.82) is 0 Å². The van der Waals surface area contributed by atoms with Crippen LogP contribution in [-0.4, -0.2) is 23.4 Å². The van der Waals surface area contributed by atoms with Crippen LogP contribution in [0.25, 0.3) is 10.9 Å². The maximum atomic E-state index is 14.1. The number of amides is 1. The molecule has 0 radical (unpaired) electrons. The van der Waals surface area contributed by atoms with Crippen LogP contribution < -0.4 is 10.1 Å². The number of hydrogen-bond donors (Lipinski definition) is 1. The highest BCUT2D eigenvalue weighted by Gasteiger charge is 2.20. The van der Waals surface area contributed by atoms with E-state index in [1.165, 1.54) is 12.1 Å². The van der Waals surface area contributed by atoms with Crippen molar-refractivity contribution < 1.29 is 18.7 Å². The van der Waals surface area contributed by atoms with E-state index in [1.807, 2.05) is 18.2 Å². The van der Waals surface area contributed by atoms with Crippen LogP contribution in [0.2, 0.25) is 0 Å². The highest BCUT2D eigenvalue weighted by atomic mass is 19.1. The molecule has 0 spiro atoms. The van der Waals surface area contributed by atoms with Gasteiger partial charge in [-0.3, -0.25) is 9.59 Å². The number of carbonyl (C=O) groups excluding carboxylic acids is 2. The fourth-order valence-electron chi connectivity index (χ4n) is 3.38. The van der Waals surface area contributed by atoms with Crippen molar-refractivity contribution in [3.8, 4) is 5.75 Å². The van der Waals surface area contributed by atoms with Gasteiger partial charge < -0.3 is 14.6 Å². The molecule has 150 valence electrons. The molecule has 30 heavy (non-hydrogen) atoms. The molecular weight excluding hydrogens is 383 g/mol. The number of halogens is 1. The van der Waals surface area contributed by atoms with Crippen LogP contribution in [0.15, 0.2) is 79.0 Å². The van der Waals surface area contributed by atoms with Crippen LogP contribution >= 0.6 is 0 Å². The minimum Gasteiger partial charge on any atom is -0.497 e. The number of fused-ring (bicyclic) bond motifs is 1. The molecule has 0 bridgehead atoms. The third-order valence-electron chi connectivity index (χ3n) is 4.84. The number of para-hydroxylation sites is 1. The number of benzene rings is 3. The lowest BCUT2D eigenvalue weighted by Crippen LogP contribution is -2.18. The molecule has 0 unspecified atom stereocenters. The van der Waals surface area contributed by atoms with Gasteiger partial charge in [-0.15, -0.1) is 0 Å². The predicted octanol–water partition coefficient (Wildman–Crippen LogP) is 4.66. The lowest BCUT2D eigenvalue weighted by Gasteiger charge is -2.08. The summed E-state index contributed by atoms with van der Waals surface area (Å²) in [4.78, 5) is 25.5. The summed E-state index contributed by atoms with van der Waals surface area (Å²) in [6.07, 6.45) is 1.60. The van der Waals surface area contributed by atoms with Crippen molar-refractivity contribution in [2.24, 2.45) is 0 Å². The standard InChI is InChI=1S/C24H19FN2O3/c1-30-17-12-10-16(11-13-17)26-23(28)15-27-14-20(18-6-3-5-9-22(18)27)24(29)19-7-2-4-8-21(19)25/h2-14H,15H2,1H3,(H,26,28). The Morgan fingerprint density at radius 3 is 2.37 bits per heavy atom. The second-order valence-electron chi connectivity index (χ2n) is 6.77. The quantitative estimate of drug-likeness (QED) is 0.477. The van der Waals surface area contributed by atoms with Crippen LogP contribution in [0.3, 0.4) is 0 Å². The molecule has 0 fully saturated rings. The molecule has 6 heteroatoms. The van der Waals surface area contributed by atoms with E-state index < -0.39 is 11.6 Å². The zero-order valence-electron chi connectivity index (χ0n) is 16.3. The number of rotatable bonds is 6. The number of methoxy groups -OCH3 is 1. The fraction of sp³-hybridized carbons (Fsp3) is 0.0833. The van der Waals surface area contributed by atoms with E-state index in [4.69, 9.17) is 4.74 Å². The van der Waals surface area contributed by atoms with Gasteiger partial charge in [0.25, 0.3) is 0 Å². The minimum atomic E-state index is -0.573. The first-order valence-corrected chi connectivity index (χ1v) is 9.38. The number of carbonyl (C=O) groups is 2. The number of nitrogens with zero attached hydrogens (tertiary/aromatic N) is 1. The molecule has 4 rings (SSSR count). The minimum absolute atomic E-state index is 0.00286. The normalized spacial score (nSPS) is 10.7. The number of hydrogen-bond acceptors (Lipinski definition) is 3. The Kier molecular flexibility index (Phi) is 5.30. The van der Waals surface area contributed by atoms with E-state index in [-0.39, 0.29) is 18.0 Å². The highest BCUT2D eigenvalue weighted by molar-refractivity contribution is 6.16. The van der Waals surface area contributed by atoms with Gasteiger partial charge in [0.2, 0.25) is 5.91 Å². The number of ketones is 1. The summed E-state index contributed by atoms with van der Waals surface area (Å²) in [6.45, 7) is 0.0110. The number of ether oxygens (including phenoxy) is 1. The largest absolute Gasteiger partial charge is 0.497 e. The van der Waals surface area contributed by atoms with Gasteiger partial charge in [0, 0.05) is 28.4 Å². The van der Waals surface area contributed by atoms with Crippen LogP contribution in [0.1, 0.15) is 15.9 Å². The van der Waals surface area contributed by atoms with E-state index in [2.05, 4.69) is 5.32 Å². The molecule has 1 amide bonds. The van der Waals surface area contributed by atoms with Crippen LogP contribution in [0.5, 0.6) is 5.75 Å². The maximum absolute atomic E-state index is 14.1. The molecule has 0 saturated heterocycles. The first-order chi connectivity index (χ1) is 14.6. The molecule has 0 aliphatic carbocycles. The first-order valence-electron chi connectivity index (χ1n) is 9.38. The van der Waals surface area contributed by atoms with E-state index >= 15 is 0 Å². The average molecular weight is 402 g/mol. The van der Waals surface area contributed by atoms with Gasteiger partial charge in [0.1, 0.15) is 18.1 Å². The van der Waals surface area contributed by atoms with E-state index in [9.17, 15) is 14.0 Å². The molecule has 0 saturated carbocycles. The number of aromatic nitrogens is 1. The Hall–Kier alpha value is -3.93. The average Bonchev–Trinajstić information content (AvgIpc) is 3.12. The lowest BCUT2D eigenvalue weighted by atomic mass is 10.0. The van der Waals surface area contributed by atoms with Crippen LogP contribution in [-0.2, 0) is 11.3 Å². The Labute approximate surface area is 172 Å². The van der Waals surface area contributed by atoms with Crippen molar-refractivity contribution in [2.75, 3.05) is 12.4 Å². The van der Waals surface area contributed by atoms with Gasteiger partial charge in [0.15, 0.2) is 5.78 Å². The maximum Gasteiger partial charge on any atom is 0.244 e. The summed E-state index contributed by atoms with van der Waals surface area (Å²) in [6, 6.07) is 20.1. The third kappa shape index (κ3) is 3.80. The van der Waals surface area contributed by atoms with E-state index in [1.54, 1.807) is 60.3 Å². The summed E-state index contributed by atoms with van der Waals surface area (Å²) in [5, 5.41) is 3.49. The Bertz CT molecular complexity index is 1230. The molecule has 3 aromatic carbocycles. The monoisotopic (exact) mass is 402 g/mol. The summed E-state index contributed by atoms with van der Waals surface area (Å²) in [5.41, 5.74) is 1.72. The SMILES string of the molecule is COc1ccc(NC(=O)Cn2cc(C(=O)c3ccccc3F)c3ccccc32)cc1. The topological polar surface area (TPSA) is 60.3 Å². The van der Waals surface area contributed by atoms with E-state index in [0.29, 0.717) is 22.4 Å². The molecule has 5 nitrogen and oxygen atoms in total. The van der Waals surface area contributed by atoms with E-state index in [0.717, 1.165) is 5.52 Å². The van der Waals surface area contributed by atoms with Crippen molar-refractivity contribution in [3.05, 3.63) is 95.9 Å².